The minimum Gasteiger partial charge on any atom is -0.123 e. The molecule has 1 heteroatoms. The second-order valence-corrected chi connectivity index (χ2v) is 5.00. The van der Waals surface area contributed by atoms with Gasteiger partial charge in [0.1, 0.15) is 0 Å². The van der Waals surface area contributed by atoms with E-state index in [-0.39, 0.29) is 0 Å². The first-order valence-electron chi connectivity index (χ1n) is 5.20. The van der Waals surface area contributed by atoms with Crippen molar-refractivity contribution in [3.8, 4) is 0 Å². The maximum atomic E-state index is 5.93. The van der Waals surface area contributed by atoms with Gasteiger partial charge in [-0.2, -0.15) is 0 Å². The monoisotopic (exact) mass is 190 g/mol. The Labute approximate surface area is 82.7 Å². The summed E-state index contributed by atoms with van der Waals surface area (Å²) in [4.78, 5) is 0. The van der Waals surface area contributed by atoms with Crippen LogP contribution in [0.2, 0.25) is 0 Å². The molecule has 0 aromatic rings. The Kier molecular flexibility index (Phi) is 6.93. The molecule has 3 unspecified atom stereocenters. The molecule has 74 valence electrons. The second kappa shape index (κ2) is 6.77. The number of alkyl halides is 1. The van der Waals surface area contributed by atoms with E-state index >= 15 is 0 Å². The molecule has 0 aromatic carbocycles. The van der Waals surface area contributed by atoms with E-state index in [1.807, 2.05) is 0 Å². The zero-order chi connectivity index (χ0) is 9.56. The Morgan fingerprint density at radius 1 is 1.00 bits per heavy atom. The van der Waals surface area contributed by atoms with E-state index in [0.29, 0.717) is 5.38 Å². The van der Waals surface area contributed by atoms with E-state index < -0.39 is 0 Å². The smallest absolute Gasteiger partial charge is 0.0310 e. The molecule has 0 amide bonds. The van der Waals surface area contributed by atoms with E-state index in [2.05, 4.69) is 27.7 Å². The Balaban J connectivity index is 3.46. The lowest BCUT2D eigenvalue weighted by atomic mass is 9.91. The van der Waals surface area contributed by atoms with Gasteiger partial charge in [-0.3, -0.25) is 0 Å². The van der Waals surface area contributed by atoms with E-state index in [4.69, 9.17) is 11.6 Å². The molecule has 0 nitrogen and oxygen atoms in total. The zero-order valence-corrected chi connectivity index (χ0v) is 9.69. The highest BCUT2D eigenvalue weighted by atomic mass is 35.5. The molecule has 0 aliphatic heterocycles. The highest BCUT2D eigenvalue weighted by Crippen LogP contribution is 2.21. The lowest BCUT2D eigenvalue weighted by molar-refractivity contribution is 0.374. The van der Waals surface area contributed by atoms with Crippen molar-refractivity contribution < 1.29 is 0 Å². The van der Waals surface area contributed by atoms with Gasteiger partial charge in [0.15, 0.2) is 0 Å². The summed E-state index contributed by atoms with van der Waals surface area (Å²) in [6.07, 6.45) is 5.17. The largest absolute Gasteiger partial charge is 0.123 e. The van der Waals surface area contributed by atoms with Gasteiger partial charge in [0.25, 0.3) is 0 Å². The van der Waals surface area contributed by atoms with Crippen molar-refractivity contribution in [3.05, 3.63) is 0 Å². The van der Waals surface area contributed by atoms with Crippen LogP contribution in [0.1, 0.15) is 53.4 Å². The van der Waals surface area contributed by atoms with Crippen LogP contribution < -0.4 is 0 Å². The summed E-state index contributed by atoms with van der Waals surface area (Å²) < 4.78 is 0. The number of rotatable bonds is 6. The first kappa shape index (κ1) is 12.3. The second-order valence-electron chi connectivity index (χ2n) is 4.25. The minimum atomic E-state index is 0.342. The zero-order valence-electron chi connectivity index (χ0n) is 8.94. The predicted molar refractivity (Wildman–Crippen MR) is 57.8 cm³/mol. The molecule has 0 aromatic heterocycles. The van der Waals surface area contributed by atoms with Crippen molar-refractivity contribution in [1.82, 2.24) is 0 Å². The van der Waals surface area contributed by atoms with Crippen LogP contribution in [0, 0.1) is 11.8 Å². The summed E-state index contributed by atoms with van der Waals surface area (Å²) >= 11 is 5.93. The summed E-state index contributed by atoms with van der Waals surface area (Å²) in [7, 11) is 0. The first-order valence-corrected chi connectivity index (χ1v) is 5.64. The third kappa shape index (κ3) is 6.97. The van der Waals surface area contributed by atoms with Crippen molar-refractivity contribution in [2.75, 3.05) is 0 Å². The average molecular weight is 191 g/mol. The van der Waals surface area contributed by atoms with Crippen LogP contribution in [0.3, 0.4) is 0 Å². The van der Waals surface area contributed by atoms with Crippen LogP contribution >= 0.6 is 11.6 Å². The maximum Gasteiger partial charge on any atom is 0.0310 e. The molecule has 0 spiro atoms. The van der Waals surface area contributed by atoms with Crippen LogP contribution in [-0.2, 0) is 0 Å². The van der Waals surface area contributed by atoms with Crippen LogP contribution in [0.4, 0.5) is 0 Å². The Bertz CT molecular complexity index is 99.2. The molecule has 0 heterocycles. The molecule has 0 rings (SSSR count). The molecular formula is C11H23Cl. The quantitative estimate of drug-likeness (QED) is 0.543. The normalized spacial score (nSPS) is 18.8. The lowest BCUT2D eigenvalue weighted by Crippen LogP contribution is -2.07. The highest BCUT2D eigenvalue weighted by molar-refractivity contribution is 6.20. The SMILES string of the molecule is CCCC(C)CC(C)CC(C)Cl. The fraction of sp³-hybridized carbons (Fsp3) is 1.00. The molecular weight excluding hydrogens is 168 g/mol. The molecule has 0 N–H and O–H groups in total. The molecule has 0 radical (unpaired) electrons. The van der Waals surface area contributed by atoms with Gasteiger partial charge >= 0.3 is 0 Å². The molecule has 0 aliphatic carbocycles. The molecule has 0 fully saturated rings. The average Bonchev–Trinajstić information content (AvgIpc) is 1.84. The number of hydrogen-bond acceptors (Lipinski definition) is 0. The Hall–Kier alpha value is 0.290. The summed E-state index contributed by atoms with van der Waals surface area (Å²) in [5.41, 5.74) is 0. The predicted octanol–water partition coefficient (Wildman–Crippen LogP) is 4.47. The van der Waals surface area contributed by atoms with Gasteiger partial charge in [-0.1, -0.05) is 33.6 Å². The van der Waals surface area contributed by atoms with Crippen molar-refractivity contribution in [3.63, 3.8) is 0 Å². The van der Waals surface area contributed by atoms with E-state index in [1.54, 1.807) is 0 Å². The minimum absolute atomic E-state index is 0.342. The third-order valence-electron chi connectivity index (χ3n) is 2.31. The standard InChI is InChI=1S/C11H23Cl/c1-5-6-9(2)7-10(3)8-11(4)12/h9-11H,5-8H2,1-4H3. The summed E-state index contributed by atoms with van der Waals surface area (Å²) in [6, 6.07) is 0. The van der Waals surface area contributed by atoms with Crippen LogP contribution in [0.5, 0.6) is 0 Å². The third-order valence-corrected chi connectivity index (χ3v) is 2.49. The Morgan fingerprint density at radius 3 is 2.00 bits per heavy atom. The van der Waals surface area contributed by atoms with E-state index in [0.717, 1.165) is 18.3 Å². The highest BCUT2D eigenvalue weighted by Gasteiger charge is 2.10. The molecule has 0 saturated heterocycles. The first-order chi connectivity index (χ1) is 5.56. The van der Waals surface area contributed by atoms with E-state index in [1.165, 1.54) is 19.3 Å². The molecule has 3 atom stereocenters. The van der Waals surface area contributed by atoms with Crippen molar-refractivity contribution in [1.29, 1.82) is 0 Å². The van der Waals surface area contributed by atoms with Crippen molar-refractivity contribution in [2.24, 2.45) is 11.8 Å². The van der Waals surface area contributed by atoms with Crippen LogP contribution in [0.15, 0.2) is 0 Å². The summed E-state index contributed by atoms with van der Waals surface area (Å²) in [6.45, 7) is 9.00. The van der Waals surface area contributed by atoms with Crippen LogP contribution in [0.25, 0.3) is 0 Å². The van der Waals surface area contributed by atoms with Gasteiger partial charge in [-0.25, -0.2) is 0 Å². The summed E-state index contributed by atoms with van der Waals surface area (Å²) in [5, 5.41) is 0.342. The Morgan fingerprint density at radius 2 is 1.58 bits per heavy atom. The number of hydrogen-bond donors (Lipinski definition) is 0. The van der Waals surface area contributed by atoms with Gasteiger partial charge in [0, 0.05) is 5.38 Å². The molecule has 0 saturated carbocycles. The van der Waals surface area contributed by atoms with Crippen molar-refractivity contribution in [2.45, 2.75) is 58.8 Å². The van der Waals surface area contributed by atoms with Gasteiger partial charge in [0.2, 0.25) is 0 Å². The topological polar surface area (TPSA) is 0 Å². The van der Waals surface area contributed by atoms with Gasteiger partial charge in [-0.05, 0) is 31.6 Å². The van der Waals surface area contributed by atoms with Gasteiger partial charge < -0.3 is 0 Å². The van der Waals surface area contributed by atoms with E-state index in [9.17, 15) is 0 Å². The molecule has 0 aliphatic rings. The van der Waals surface area contributed by atoms with Crippen molar-refractivity contribution >= 4 is 11.6 Å². The van der Waals surface area contributed by atoms with Crippen LogP contribution in [-0.4, -0.2) is 5.38 Å². The van der Waals surface area contributed by atoms with Gasteiger partial charge in [0.05, 0.1) is 0 Å². The summed E-state index contributed by atoms with van der Waals surface area (Å²) in [5.74, 6) is 1.67. The fourth-order valence-corrected chi connectivity index (χ4v) is 2.25. The molecule has 0 bridgehead atoms. The molecule has 12 heavy (non-hydrogen) atoms. The lowest BCUT2D eigenvalue weighted by Gasteiger charge is -2.17. The number of halogens is 1. The fourth-order valence-electron chi connectivity index (χ4n) is 1.95. The van der Waals surface area contributed by atoms with Gasteiger partial charge in [-0.15, -0.1) is 11.6 Å². The maximum absolute atomic E-state index is 5.93.